The summed E-state index contributed by atoms with van der Waals surface area (Å²) in [4.78, 5) is 26.2. The Labute approximate surface area is 100 Å². The average Bonchev–Trinajstić information content (AvgIpc) is 2.28. The minimum Gasteiger partial charge on any atom is -0.450 e. The number of ether oxygens (including phenoxy) is 1. The van der Waals surface area contributed by atoms with Crippen LogP contribution in [0.25, 0.3) is 0 Å². The molecule has 1 aliphatic heterocycles. The maximum atomic E-state index is 11.6. The first kappa shape index (κ1) is 13.1. The second kappa shape index (κ2) is 5.94. The van der Waals surface area contributed by atoms with E-state index in [2.05, 4.69) is 0 Å². The van der Waals surface area contributed by atoms with Crippen LogP contribution in [0.3, 0.4) is 0 Å². The van der Waals surface area contributed by atoms with Crippen molar-refractivity contribution in [2.24, 2.45) is 0 Å². The highest BCUT2D eigenvalue weighted by Crippen LogP contribution is 2.07. The van der Waals surface area contributed by atoms with Gasteiger partial charge >= 0.3 is 6.09 Å². The molecular formula is C10H17ClN2O3. The number of carbonyl (C=O) groups is 2. The summed E-state index contributed by atoms with van der Waals surface area (Å²) in [6.45, 7) is 5.86. The fraction of sp³-hybridized carbons (Fsp3) is 0.800. The number of alkyl halides is 1. The summed E-state index contributed by atoms with van der Waals surface area (Å²) in [5, 5.41) is -0.505. The van der Waals surface area contributed by atoms with Crippen molar-refractivity contribution in [1.29, 1.82) is 0 Å². The van der Waals surface area contributed by atoms with Crippen molar-refractivity contribution in [2.75, 3.05) is 32.8 Å². The Balaban J connectivity index is 2.39. The van der Waals surface area contributed by atoms with E-state index < -0.39 is 5.38 Å². The molecule has 1 fully saturated rings. The van der Waals surface area contributed by atoms with Crippen LogP contribution in [-0.4, -0.2) is 60.0 Å². The maximum absolute atomic E-state index is 11.6. The molecule has 1 rings (SSSR count). The van der Waals surface area contributed by atoms with Crippen molar-refractivity contribution in [3.05, 3.63) is 0 Å². The van der Waals surface area contributed by atoms with Gasteiger partial charge in [0.05, 0.1) is 6.61 Å². The van der Waals surface area contributed by atoms with Crippen molar-refractivity contribution < 1.29 is 14.3 Å². The maximum Gasteiger partial charge on any atom is 0.409 e. The lowest BCUT2D eigenvalue weighted by molar-refractivity contribution is -0.132. The number of hydrogen-bond acceptors (Lipinski definition) is 3. The lowest BCUT2D eigenvalue weighted by Crippen LogP contribution is -2.52. The monoisotopic (exact) mass is 248 g/mol. The van der Waals surface area contributed by atoms with Crippen LogP contribution >= 0.6 is 11.6 Å². The van der Waals surface area contributed by atoms with Crippen molar-refractivity contribution in [2.45, 2.75) is 19.2 Å². The smallest absolute Gasteiger partial charge is 0.409 e. The molecule has 0 bridgehead atoms. The molecule has 0 unspecified atom stereocenters. The van der Waals surface area contributed by atoms with E-state index in [1.807, 2.05) is 0 Å². The van der Waals surface area contributed by atoms with E-state index in [4.69, 9.17) is 16.3 Å². The van der Waals surface area contributed by atoms with Gasteiger partial charge in [-0.15, -0.1) is 11.6 Å². The van der Waals surface area contributed by atoms with Gasteiger partial charge in [-0.05, 0) is 13.8 Å². The standard InChI is InChI=1S/C10H17ClN2O3/c1-3-16-10(15)13-6-4-12(5-7-13)9(14)8(2)11/h8H,3-7H2,1-2H3/t8-/m0/s1. The molecule has 0 aromatic heterocycles. The molecule has 16 heavy (non-hydrogen) atoms. The van der Waals surface area contributed by atoms with E-state index in [-0.39, 0.29) is 12.0 Å². The third-order valence-electron chi connectivity index (χ3n) is 2.46. The first-order valence-electron chi connectivity index (χ1n) is 5.40. The molecule has 0 aliphatic carbocycles. The molecule has 2 amide bonds. The van der Waals surface area contributed by atoms with Gasteiger partial charge in [0, 0.05) is 26.2 Å². The van der Waals surface area contributed by atoms with Crippen LogP contribution < -0.4 is 0 Å². The van der Waals surface area contributed by atoms with Gasteiger partial charge in [0.15, 0.2) is 0 Å². The summed E-state index contributed by atoms with van der Waals surface area (Å²) in [6.07, 6.45) is -0.312. The van der Waals surface area contributed by atoms with Crippen molar-refractivity contribution in [1.82, 2.24) is 9.80 Å². The minimum absolute atomic E-state index is 0.0785. The lowest BCUT2D eigenvalue weighted by Gasteiger charge is -2.34. The van der Waals surface area contributed by atoms with E-state index in [1.54, 1.807) is 23.6 Å². The molecule has 0 N–H and O–H groups in total. The molecule has 0 aromatic rings. The first-order chi connectivity index (χ1) is 7.56. The quantitative estimate of drug-likeness (QED) is 0.683. The zero-order chi connectivity index (χ0) is 12.1. The summed E-state index contributed by atoms with van der Waals surface area (Å²) in [7, 11) is 0. The fourth-order valence-electron chi connectivity index (χ4n) is 1.58. The highest BCUT2D eigenvalue weighted by atomic mass is 35.5. The van der Waals surface area contributed by atoms with Crippen LogP contribution in [0.5, 0.6) is 0 Å². The van der Waals surface area contributed by atoms with E-state index in [0.29, 0.717) is 32.8 Å². The molecule has 1 saturated heterocycles. The van der Waals surface area contributed by atoms with Crippen LogP contribution in [-0.2, 0) is 9.53 Å². The van der Waals surface area contributed by atoms with Gasteiger partial charge in [-0.2, -0.15) is 0 Å². The summed E-state index contributed by atoms with van der Waals surface area (Å²) in [6, 6.07) is 0. The number of carbonyl (C=O) groups excluding carboxylic acids is 2. The van der Waals surface area contributed by atoms with Gasteiger partial charge in [-0.3, -0.25) is 4.79 Å². The predicted octanol–water partition coefficient (Wildman–Crippen LogP) is 0.914. The number of rotatable bonds is 2. The Hall–Kier alpha value is -0.970. The Morgan fingerprint density at radius 1 is 1.25 bits per heavy atom. The van der Waals surface area contributed by atoms with Gasteiger partial charge in [0.1, 0.15) is 5.38 Å². The number of hydrogen-bond donors (Lipinski definition) is 0. The topological polar surface area (TPSA) is 49.9 Å². The van der Waals surface area contributed by atoms with Crippen LogP contribution in [0, 0.1) is 0 Å². The summed E-state index contributed by atoms with van der Waals surface area (Å²) < 4.78 is 4.88. The summed E-state index contributed by atoms with van der Waals surface area (Å²) in [5.74, 6) is -0.0785. The van der Waals surface area contributed by atoms with Crippen molar-refractivity contribution in [3.63, 3.8) is 0 Å². The fourth-order valence-corrected chi connectivity index (χ4v) is 1.71. The number of halogens is 1. The van der Waals surface area contributed by atoms with E-state index in [9.17, 15) is 9.59 Å². The molecule has 92 valence electrons. The van der Waals surface area contributed by atoms with Crippen LogP contribution in [0.15, 0.2) is 0 Å². The number of piperazine rings is 1. The second-order valence-corrected chi connectivity index (χ2v) is 4.28. The van der Waals surface area contributed by atoms with Crippen molar-refractivity contribution >= 4 is 23.6 Å². The Bertz CT molecular complexity index is 263. The predicted molar refractivity (Wildman–Crippen MR) is 60.5 cm³/mol. The molecule has 5 nitrogen and oxygen atoms in total. The van der Waals surface area contributed by atoms with Gasteiger partial charge in [0.25, 0.3) is 0 Å². The lowest BCUT2D eigenvalue weighted by atomic mass is 10.3. The highest BCUT2D eigenvalue weighted by molar-refractivity contribution is 6.30. The Kier molecular flexibility index (Phi) is 4.86. The number of amides is 2. The molecule has 0 saturated carbocycles. The van der Waals surface area contributed by atoms with Gasteiger partial charge in [-0.25, -0.2) is 4.79 Å². The third-order valence-corrected chi connectivity index (χ3v) is 2.64. The molecule has 6 heteroatoms. The summed E-state index contributed by atoms with van der Waals surface area (Å²) >= 11 is 5.71. The zero-order valence-electron chi connectivity index (χ0n) is 9.61. The largest absolute Gasteiger partial charge is 0.450 e. The normalized spacial score (nSPS) is 18.2. The van der Waals surface area contributed by atoms with Crippen LogP contribution in [0.1, 0.15) is 13.8 Å². The molecule has 1 atom stereocenters. The van der Waals surface area contributed by atoms with Gasteiger partial charge < -0.3 is 14.5 Å². The second-order valence-electron chi connectivity index (χ2n) is 3.63. The molecule has 0 spiro atoms. The van der Waals surface area contributed by atoms with E-state index in [1.165, 1.54) is 0 Å². The molecule has 0 radical (unpaired) electrons. The van der Waals surface area contributed by atoms with E-state index >= 15 is 0 Å². The van der Waals surface area contributed by atoms with Crippen LogP contribution in [0.2, 0.25) is 0 Å². The Morgan fingerprint density at radius 2 is 1.75 bits per heavy atom. The first-order valence-corrected chi connectivity index (χ1v) is 5.84. The van der Waals surface area contributed by atoms with Crippen molar-refractivity contribution in [3.8, 4) is 0 Å². The zero-order valence-corrected chi connectivity index (χ0v) is 10.4. The molecule has 0 aromatic carbocycles. The SMILES string of the molecule is CCOC(=O)N1CCN(C(=O)[C@H](C)Cl)CC1. The molecule has 1 aliphatic rings. The van der Waals surface area contributed by atoms with Gasteiger partial charge in [0.2, 0.25) is 5.91 Å². The third kappa shape index (κ3) is 3.27. The minimum atomic E-state index is -0.505. The molecule has 1 heterocycles. The van der Waals surface area contributed by atoms with E-state index in [0.717, 1.165) is 0 Å². The number of nitrogens with zero attached hydrogens (tertiary/aromatic N) is 2. The molecular weight excluding hydrogens is 232 g/mol. The van der Waals surface area contributed by atoms with Crippen LogP contribution in [0.4, 0.5) is 4.79 Å². The average molecular weight is 249 g/mol. The Morgan fingerprint density at radius 3 is 2.19 bits per heavy atom. The summed E-state index contributed by atoms with van der Waals surface area (Å²) in [5.41, 5.74) is 0. The highest BCUT2D eigenvalue weighted by Gasteiger charge is 2.26. The van der Waals surface area contributed by atoms with Gasteiger partial charge in [-0.1, -0.05) is 0 Å².